The summed E-state index contributed by atoms with van der Waals surface area (Å²) >= 11 is 0. The van der Waals surface area contributed by atoms with Crippen molar-refractivity contribution in [2.45, 2.75) is 24.9 Å². The predicted octanol–water partition coefficient (Wildman–Crippen LogP) is 3.26. The number of carbonyl (C=O) groups is 1. The van der Waals surface area contributed by atoms with Gasteiger partial charge in [-0.05, 0) is 42.7 Å². The van der Waals surface area contributed by atoms with Gasteiger partial charge in [0.2, 0.25) is 0 Å². The van der Waals surface area contributed by atoms with E-state index in [1.165, 1.54) is 5.56 Å². The third kappa shape index (κ3) is 3.46. The van der Waals surface area contributed by atoms with Crippen LogP contribution in [0.15, 0.2) is 54.6 Å². The normalized spacial score (nSPS) is 20.7. The first-order valence-corrected chi connectivity index (χ1v) is 7.49. The van der Waals surface area contributed by atoms with Crippen LogP contribution in [-0.2, 0) is 0 Å². The largest absolute Gasteiger partial charge is 0.492 e. The fraction of sp³-hybridized carbons (Fsp3) is 0.278. The van der Waals surface area contributed by atoms with Crippen LogP contribution in [0, 0.1) is 0 Å². The highest BCUT2D eigenvalue weighted by Gasteiger charge is 2.25. The Balaban J connectivity index is 1.51. The van der Waals surface area contributed by atoms with Crippen molar-refractivity contribution < 1.29 is 14.6 Å². The Morgan fingerprint density at radius 2 is 1.82 bits per heavy atom. The summed E-state index contributed by atoms with van der Waals surface area (Å²) in [4.78, 5) is 10.8. The number of hydrogen-bond donors (Lipinski definition) is 2. The minimum atomic E-state index is -0.922. The Kier molecular flexibility index (Phi) is 4.39. The molecule has 114 valence electrons. The van der Waals surface area contributed by atoms with Crippen molar-refractivity contribution in [2.24, 2.45) is 0 Å². The Labute approximate surface area is 129 Å². The van der Waals surface area contributed by atoms with Gasteiger partial charge in [0, 0.05) is 12.1 Å². The number of aromatic carboxylic acids is 1. The molecule has 2 aromatic rings. The molecule has 0 radical (unpaired) electrons. The molecule has 4 nitrogen and oxygen atoms in total. The Morgan fingerprint density at radius 3 is 2.50 bits per heavy atom. The van der Waals surface area contributed by atoms with Gasteiger partial charge in [0.25, 0.3) is 0 Å². The van der Waals surface area contributed by atoms with Gasteiger partial charge in [-0.25, -0.2) is 4.79 Å². The minimum absolute atomic E-state index is 0.274. The molecule has 1 aliphatic heterocycles. The maximum atomic E-state index is 10.8. The van der Waals surface area contributed by atoms with Crippen molar-refractivity contribution in [3.05, 3.63) is 65.7 Å². The molecule has 4 heteroatoms. The van der Waals surface area contributed by atoms with E-state index in [-0.39, 0.29) is 5.56 Å². The third-order valence-electron chi connectivity index (χ3n) is 4.00. The Hall–Kier alpha value is -2.33. The van der Waals surface area contributed by atoms with Crippen LogP contribution in [-0.4, -0.2) is 23.7 Å². The van der Waals surface area contributed by atoms with E-state index in [4.69, 9.17) is 9.84 Å². The molecule has 2 aromatic carbocycles. The van der Waals surface area contributed by atoms with Gasteiger partial charge in [0.15, 0.2) is 0 Å². The van der Waals surface area contributed by atoms with E-state index in [0.717, 1.165) is 12.8 Å². The van der Waals surface area contributed by atoms with Crippen LogP contribution in [0.4, 0.5) is 0 Å². The lowest BCUT2D eigenvalue weighted by atomic mass is 10.1. The first kappa shape index (κ1) is 14.6. The van der Waals surface area contributed by atoms with E-state index < -0.39 is 5.97 Å². The highest BCUT2D eigenvalue weighted by atomic mass is 16.5. The number of hydrogen-bond acceptors (Lipinski definition) is 3. The van der Waals surface area contributed by atoms with Crippen molar-refractivity contribution >= 4 is 5.97 Å². The second-order valence-electron chi connectivity index (χ2n) is 5.54. The van der Waals surface area contributed by atoms with Gasteiger partial charge in [-0.2, -0.15) is 0 Å². The molecule has 0 saturated carbocycles. The second kappa shape index (κ2) is 6.62. The van der Waals surface area contributed by atoms with E-state index in [1.54, 1.807) is 24.3 Å². The molecular formula is C18H19NO3. The lowest BCUT2D eigenvalue weighted by molar-refractivity contribution is 0.0697. The van der Waals surface area contributed by atoms with Gasteiger partial charge in [0.1, 0.15) is 12.4 Å². The summed E-state index contributed by atoms with van der Waals surface area (Å²) in [5, 5.41) is 12.5. The number of carboxylic acids is 1. The van der Waals surface area contributed by atoms with Crippen molar-refractivity contribution in [1.29, 1.82) is 0 Å². The summed E-state index contributed by atoms with van der Waals surface area (Å²) < 4.78 is 5.75. The first-order chi connectivity index (χ1) is 10.7. The van der Waals surface area contributed by atoms with Gasteiger partial charge in [-0.15, -0.1) is 0 Å². The van der Waals surface area contributed by atoms with Crippen LogP contribution in [0.3, 0.4) is 0 Å². The number of rotatable bonds is 5. The van der Waals surface area contributed by atoms with Crippen molar-refractivity contribution in [2.75, 3.05) is 6.61 Å². The highest BCUT2D eigenvalue weighted by molar-refractivity contribution is 5.87. The van der Waals surface area contributed by atoms with Gasteiger partial charge >= 0.3 is 5.97 Å². The van der Waals surface area contributed by atoms with Crippen molar-refractivity contribution in [3.8, 4) is 5.75 Å². The lowest BCUT2D eigenvalue weighted by Gasteiger charge is -2.15. The van der Waals surface area contributed by atoms with Gasteiger partial charge in [0.05, 0.1) is 5.56 Å². The quantitative estimate of drug-likeness (QED) is 0.889. The maximum absolute atomic E-state index is 10.8. The highest BCUT2D eigenvalue weighted by Crippen LogP contribution is 2.26. The van der Waals surface area contributed by atoms with E-state index >= 15 is 0 Å². The zero-order valence-corrected chi connectivity index (χ0v) is 12.2. The molecule has 0 unspecified atom stereocenters. The average Bonchev–Trinajstić information content (AvgIpc) is 3.03. The fourth-order valence-corrected chi connectivity index (χ4v) is 2.79. The minimum Gasteiger partial charge on any atom is -0.492 e. The number of nitrogens with one attached hydrogen (secondary N) is 1. The van der Waals surface area contributed by atoms with Crippen molar-refractivity contribution in [1.82, 2.24) is 5.32 Å². The lowest BCUT2D eigenvalue weighted by Crippen LogP contribution is -2.30. The monoisotopic (exact) mass is 297 g/mol. The molecule has 1 fully saturated rings. The number of benzene rings is 2. The molecule has 0 spiro atoms. The summed E-state index contributed by atoms with van der Waals surface area (Å²) in [5.74, 6) is -0.218. The standard InChI is InChI=1S/C18H19NO3/c20-18(21)14-6-9-16(10-7-14)22-12-15-8-11-17(19-15)13-4-2-1-3-5-13/h1-7,9-10,15,17,19H,8,11-12H2,(H,20,21)/t15-,17+/m0/s1. The van der Waals surface area contributed by atoms with Crippen LogP contribution in [0.2, 0.25) is 0 Å². The molecule has 2 atom stereocenters. The molecule has 1 heterocycles. The maximum Gasteiger partial charge on any atom is 0.335 e. The van der Waals surface area contributed by atoms with Crippen molar-refractivity contribution in [3.63, 3.8) is 0 Å². The van der Waals surface area contributed by atoms with E-state index in [2.05, 4.69) is 29.6 Å². The van der Waals surface area contributed by atoms with Crippen LogP contribution >= 0.6 is 0 Å². The molecule has 22 heavy (non-hydrogen) atoms. The smallest absolute Gasteiger partial charge is 0.335 e. The fourth-order valence-electron chi connectivity index (χ4n) is 2.79. The summed E-state index contributed by atoms with van der Waals surface area (Å²) in [6.07, 6.45) is 2.18. The predicted molar refractivity (Wildman–Crippen MR) is 84.2 cm³/mol. The zero-order chi connectivity index (χ0) is 15.4. The molecule has 0 aromatic heterocycles. The van der Waals surface area contributed by atoms with Crippen LogP contribution in [0.1, 0.15) is 34.8 Å². The number of ether oxygens (including phenoxy) is 1. The van der Waals surface area contributed by atoms with Gasteiger partial charge < -0.3 is 15.2 Å². The molecule has 0 amide bonds. The van der Waals surface area contributed by atoms with Crippen LogP contribution < -0.4 is 10.1 Å². The molecule has 0 aliphatic carbocycles. The average molecular weight is 297 g/mol. The molecule has 1 saturated heterocycles. The van der Waals surface area contributed by atoms with E-state index in [0.29, 0.717) is 24.4 Å². The third-order valence-corrected chi connectivity index (χ3v) is 4.00. The molecule has 0 bridgehead atoms. The summed E-state index contributed by atoms with van der Waals surface area (Å²) in [7, 11) is 0. The Bertz CT molecular complexity index is 625. The summed E-state index contributed by atoms with van der Waals surface area (Å²) in [6.45, 7) is 0.593. The zero-order valence-electron chi connectivity index (χ0n) is 12.2. The van der Waals surface area contributed by atoms with Crippen LogP contribution in [0.25, 0.3) is 0 Å². The summed E-state index contributed by atoms with van der Waals surface area (Å²) in [5.41, 5.74) is 1.59. The second-order valence-corrected chi connectivity index (χ2v) is 5.54. The first-order valence-electron chi connectivity index (χ1n) is 7.49. The SMILES string of the molecule is O=C(O)c1ccc(OC[C@@H]2CC[C@H](c3ccccc3)N2)cc1. The Morgan fingerprint density at radius 1 is 1.09 bits per heavy atom. The number of carboxylic acid groups (broad SMARTS) is 1. The molecular weight excluding hydrogens is 278 g/mol. The van der Waals surface area contributed by atoms with E-state index in [1.807, 2.05) is 6.07 Å². The topological polar surface area (TPSA) is 58.6 Å². The van der Waals surface area contributed by atoms with Gasteiger partial charge in [-0.3, -0.25) is 0 Å². The summed E-state index contributed by atoms with van der Waals surface area (Å²) in [6, 6.07) is 17.7. The molecule has 1 aliphatic rings. The molecule has 2 N–H and O–H groups in total. The molecule has 3 rings (SSSR count). The van der Waals surface area contributed by atoms with E-state index in [9.17, 15) is 4.79 Å². The van der Waals surface area contributed by atoms with Crippen LogP contribution in [0.5, 0.6) is 5.75 Å². The van der Waals surface area contributed by atoms with Gasteiger partial charge in [-0.1, -0.05) is 30.3 Å².